The van der Waals surface area contributed by atoms with Crippen molar-refractivity contribution < 1.29 is 8.78 Å². The molecule has 1 radical (unpaired) electrons. The lowest BCUT2D eigenvalue weighted by Gasteiger charge is -1.94. The van der Waals surface area contributed by atoms with Crippen molar-refractivity contribution in [2.24, 2.45) is 0 Å². The summed E-state index contributed by atoms with van der Waals surface area (Å²) in [6, 6.07) is 8.55. The average Bonchev–Trinajstić information content (AvgIpc) is 1.88. The summed E-state index contributed by atoms with van der Waals surface area (Å²) in [5, 5.41) is 0. The summed E-state index contributed by atoms with van der Waals surface area (Å²) in [6.45, 7) is 0. The highest BCUT2D eigenvalue weighted by Crippen LogP contribution is 1.89. The number of rotatable bonds is 2. The van der Waals surface area contributed by atoms with Crippen molar-refractivity contribution in [1.29, 1.82) is 0 Å². The zero-order valence-electron chi connectivity index (χ0n) is 5.30. The van der Waals surface area contributed by atoms with Gasteiger partial charge in [0.1, 0.15) is 0 Å². The van der Waals surface area contributed by atoms with Crippen LogP contribution in [0.25, 0.3) is 0 Å². The summed E-state index contributed by atoms with van der Waals surface area (Å²) in [7, 11) is 0.917. The number of hydrogen-bond acceptors (Lipinski definition) is 0. The van der Waals surface area contributed by atoms with Crippen LogP contribution in [-0.4, -0.2) is 13.6 Å². The second kappa shape index (κ2) is 3.35. The van der Waals surface area contributed by atoms with Gasteiger partial charge in [-0.3, -0.25) is 0 Å². The second-order valence-electron chi connectivity index (χ2n) is 1.91. The van der Waals surface area contributed by atoms with Gasteiger partial charge < -0.3 is 0 Å². The van der Waals surface area contributed by atoms with Crippen LogP contribution >= 0.6 is 0 Å². The lowest BCUT2D eigenvalue weighted by Crippen LogP contribution is -2.20. The molecule has 3 heteroatoms. The highest BCUT2D eigenvalue weighted by atomic mass is 19.3. The molecule has 1 rings (SSSR count). The lowest BCUT2D eigenvalue weighted by atomic mass is 9.71. The molecule has 0 bridgehead atoms. The van der Waals surface area contributed by atoms with E-state index in [2.05, 4.69) is 0 Å². The zero-order chi connectivity index (χ0) is 7.40. The van der Waals surface area contributed by atoms with E-state index in [1.165, 1.54) is 0 Å². The van der Waals surface area contributed by atoms with Gasteiger partial charge in [0.2, 0.25) is 13.6 Å². The SMILES string of the molecule is FC(F)[B]c1ccccc1. The van der Waals surface area contributed by atoms with E-state index in [0.29, 0.717) is 5.46 Å². The van der Waals surface area contributed by atoms with Crippen LogP contribution < -0.4 is 5.46 Å². The van der Waals surface area contributed by atoms with E-state index in [1.54, 1.807) is 30.3 Å². The molecule has 0 fully saturated rings. The van der Waals surface area contributed by atoms with Gasteiger partial charge in [-0.2, -0.15) is 0 Å². The summed E-state index contributed by atoms with van der Waals surface area (Å²) in [5.41, 5.74) is 0.567. The molecule has 0 atom stereocenters. The molecule has 0 amide bonds. The molecule has 0 aliphatic rings. The molecule has 0 heterocycles. The highest BCUT2D eigenvalue weighted by molar-refractivity contribution is 6.54. The van der Waals surface area contributed by atoms with Crippen molar-refractivity contribution in [1.82, 2.24) is 0 Å². The zero-order valence-corrected chi connectivity index (χ0v) is 5.30. The Balaban J connectivity index is 2.59. The van der Waals surface area contributed by atoms with Crippen LogP contribution in [0.2, 0.25) is 0 Å². The Hall–Kier alpha value is -0.855. The van der Waals surface area contributed by atoms with Crippen molar-refractivity contribution in [3.05, 3.63) is 30.3 Å². The monoisotopic (exact) mass is 139 g/mol. The first-order chi connectivity index (χ1) is 4.79. The maximum absolute atomic E-state index is 11.7. The van der Waals surface area contributed by atoms with Crippen molar-refractivity contribution >= 4 is 12.7 Å². The van der Waals surface area contributed by atoms with E-state index >= 15 is 0 Å². The average molecular weight is 139 g/mol. The largest absolute Gasteiger partial charge is 0.241 e. The minimum atomic E-state index is -2.36. The van der Waals surface area contributed by atoms with Crippen LogP contribution in [0.5, 0.6) is 0 Å². The number of benzene rings is 1. The smallest absolute Gasteiger partial charge is 0.221 e. The van der Waals surface area contributed by atoms with Crippen LogP contribution in [0.15, 0.2) is 30.3 Å². The molecular formula is C7H6BF2. The Kier molecular flexibility index (Phi) is 2.43. The van der Waals surface area contributed by atoms with E-state index in [9.17, 15) is 8.78 Å². The lowest BCUT2D eigenvalue weighted by molar-refractivity contribution is 0.240. The third kappa shape index (κ3) is 2.17. The number of halogens is 2. The maximum atomic E-state index is 11.7. The molecule has 0 spiro atoms. The van der Waals surface area contributed by atoms with Gasteiger partial charge in [0.25, 0.3) is 0 Å². The third-order valence-corrected chi connectivity index (χ3v) is 1.12. The normalized spacial score (nSPS) is 9.90. The Bertz CT molecular complexity index is 186. The molecule has 1 aromatic rings. The molecule has 0 unspecified atom stereocenters. The Morgan fingerprint density at radius 2 is 1.70 bits per heavy atom. The van der Waals surface area contributed by atoms with Crippen LogP contribution in [0, 0.1) is 0 Å². The summed E-state index contributed by atoms with van der Waals surface area (Å²) in [4.78, 5) is 0. The standard InChI is InChI=1S/C7H6BF2/c9-7(10)8-6-4-2-1-3-5-6/h1-5,7H. The minimum absolute atomic E-state index is 0.567. The molecule has 0 saturated carbocycles. The van der Waals surface area contributed by atoms with Crippen LogP contribution in [-0.2, 0) is 0 Å². The minimum Gasteiger partial charge on any atom is -0.221 e. The second-order valence-corrected chi connectivity index (χ2v) is 1.91. The van der Waals surface area contributed by atoms with E-state index in [4.69, 9.17) is 0 Å². The fourth-order valence-corrected chi connectivity index (χ4v) is 0.710. The molecular weight excluding hydrogens is 133 g/mol. The van der Waals surface area contributed by atoms with E-state index in [-0.39, 0.29) is 0 Å². The van der Waals surface area contributed by atoms with Crippen molar-refractivity contribution in [3.8, 4) is 0 Å². The fraction of sp³-hybridized carbons (Fsp3) is 0.143. The predicted octanol–water partition coefficient (Wildman–Crippen LogP) is 1.24. The summed E-state index contributed by atoms with van der Waals surface area (Å²) in [6.07, 6.45) is -2.36. The molecule has 51 valence electrons. The molecule has 0 aliphatic heterocycles. The van der Waals surface area contributed by atoms with Gasteiger partial charge in [-0.25, -0.2) is 8.78 Å². The highest BCUT2D eigenvalue weighted by Gasteiger charge is 2.05. The Morgan fingerprint density at radius 3 is 2.20 bits per heavy atom. The van der Waals surface area contributed by atoms with Gasteiger partial charge in [-0.1, -0.05) is 35.8 Å². The van der Waals surface area contributed by atoms with Gasteiger partial charge in [-0.15, -0.1) is 0 Å². The van der Waals surface area contributed by atoms with Gasteiger partial charge in [-0.05, 0) is 0 Å². The number of hydrogen-bond donors (Lipinski definition) is 0. The molecule has 0 aromatic heterocycles. The van der Waals surface area contributed by atoms with Crippen molar-refractivity contribution in [2.45, 2.75) is 6.32 Å². The first kappa shape index (κ1) is 7.25. The fourth-order valence-electron chi connectivity index (χ4n) is 0.710. The van der Waals surface area contributed by atoms with Crippen LogP contribution in [0.4, 0.5) is 8.78 Å². The Labute approximate surface area is 59.1 Å². The summed E-state index contributed by atoms with van der Waals surface area (Å²) < 4.78 is 23.3. The van der Waals surface area contributed by atoms with E-state index in [1.807, 2.05) is 0 Å². The van der Waals surface area contributed by atoms with Crippen molar-refractivity contribution in [2.75, 3.05) is 0 Å². The maximum Gasteiger partial charge on any atom is 0.241 e. The van der Waals surface area contributed by atoms with E-state index in [0.717, 1.165) is 7.28 Å². The molecule has 1 aromatic carbocycles. The molecule has 0 N–H and O–H groups in total. The first-order valence-corrected chi connectivity index (χ1v) is 2.97. The molecule has 0 saturated heterocycles. The summed E-state index contributed by atoms with van der Waals surface area (Å²) >= 11 is 0. The van der Waals surface area contributed by atoms with Crippen LogP contribution in [0.3, 0.4) is 0 Å². The van der Waals surface area contributed by atoms with Crippen molar-refractivity contribution in [3.63, 3.8) is 0 Å². The molecule has 0 nitrogen and oxygen atoms in total. The first-order valence-electron chi connectivity index (χ1n) is 2.97. The van der Waals surface area contributed by atoms with Gasteiger partial charge in [0, 0.05) is 0 Å². The topological polar surface area (TPSA) is 0 Å². The number of alkyl halides is 2. The van der Waals surface area contributed by atoms with Gasteiger partial charge >= 0.3 is 0 Å². The van der Waals surface area contributed by atoms with Gasteiger partial charge in [0.05, 0.1) is 0 Å². The predicted molar refractivity (Wildman–Crippen MR) is 37.8 cm³/mol. The quantitative estimate of drug-likeness (QED) is 0.540. The van der Waals surface area contributed by atoms with Gasteiger partial charge in [0.15, 0.2) is 0 Å². The molecule has 0 aliphatic carbocycles. The third-order valence-electron chi connectivity index (χ3n) is 1.12. The van der Waals surface area contributed by atoms with Crippen LogP contribution in [0.1, 0.15) is 0 Å². The van der Waals surface area contributed by atoms with E-state index < -0.39 is 6.32 Å². The molecule has 10 heavy (non-hydrogen) atoms. The summed E-state index contributed by atoms with van der Waals surface area (Å²) in [5.74, 6) is 0. The Morgan fingerprint density at radius 1 is 1.10 bits per heavy atom.